The van der Waals surface area contributed by atoms with Crippen LogP contribution in [0.25, 0.3) is 0 Å². The van der Waals surface area contributed by atoms with Crippen LogP contribution in [0.3, 0.4) is 0 Å². The van der Waals surface area contributed by atoms with E-state index in [1.807, 2.05) is 0 Å². The van der Waals surface area contributed by atoms with Gasteiger partial charge in [-0.2, -0.15) is 0 Å². The predicted molar refractivity (Wildman–Crippen MR) is 61.7 cm³/mol. The lowest BCUT2D eigenvalue weighted by molar-refractivity contribution is 0.169. The summed E-state index contributed by atoms with van der Waals surface area (Å²) in [5.74, 6) is 5.27. The maximum atomic E-state index is 13.0. The Morgan fingerprint density at radius 1 is 1.47 bits per heavy atom. The smallest absolute Gasteiger partial charge is 0.124 e. The van der Waals surface area contributed by atoms with Crippen molar-refractivity contribution in [3.63, 3.8) is 0 Å². The normalized spacial score (nSPS) is 11.7. The molecule has 0 aliphatic heterocycles. The molecule has 0 heterocycles. The minimum Gasteiger partial charge on any atom is -0.388 e. The molecule has 0 aromatic heterocycles. The molecule has 0 aliphatic carbocycles. The topological polar surface area (TPSA) is 20.2 Å². The molecule has 1 aromatic rings. The summed E-state index contributed by atoms with van der Waals surface area (Å²) >= 11 is 3.18. The van der Waals surface area contributed by atoms with E-state index >= 15 is 0 Å². The molecule has 0 aliphatic rings. The van der Waals surface area contributed by atoms with Crippen LogP contribution in [0, 0.1) is 17.7 Å². The van der Waals surface area contributed by atoms with Crippen LogP contribution in [-0.2, 0) is 0 Å². The van der Waals surface area contributed by atoms with E-state index in [-0.39, 0.29) is 5.82 Å². The van der Waals surface area contributed by atoms with Crippen molar-refractivity contribution in [2.75, 3.05) is 0 Å². The Morgan fingerprint density at radius 2 is 2.20 bits per heavy atom. The quantitative estimate of drug-likeness (QED) is 0.835. The van der Waals surface area contributed by atoms with Crippen LogP contribution < -0.4 is 0 Å². The van der Waals surface area contributed by atoms with Gasteiger partial charge in [0.15, 0.2) is 0 Å². The van der Waals surface area contributed by atoms with Gasteiger partial charge in [0.05, 0.1) is 6.10 Å². The van der Waals surface area contributed by atoms with Gasteiger partial charge in [0.2, 0.25) is 0 Å². The fourth-order valence-corrected chi connectivity index (χ4v) is 1.75. The summed E-state index contributed by atoms with van der Waals surface area (Å²) in [6.07, 6.45) is 0.487. The molecule has 0 saturated carbocycles. The number of hydrogen-bond acceptors (Lipinski definition) is 1. The molecule has 0 fully saturated rings. The average molecular weight is 271 g/mol. The summed E-state index contributed by atoms with van der Waals surface area (Å²) in [7, 11) is 0. The van der Waals surface area contributed by atoms with Gasteiger partial charge in [-0.1, -0.05) is 15.9 Å². The molecular weight excluding hydrogens is 259 g/mol. The van der Waals surface area contributed by atoms with Crippen molar-refractivity contribution in [2.45, 2.75) is 25.9 Å². The van der Waals surface area contributed by atoms with Gasteiger partial charge in [0.1, 0.15) is 5.82 Å². The number of hydrogen-bond donors (Lipinski definition) is 1. The molecule has 1 unspecified atom stereocenters. The second kappa shape index (κ2) is 5.89. The summed E-state index contributed by atoms with van der Waals surface area (Å²) in [5.41, 5.74) is 0.583. The van der Waals surface area contributed by atoms with Crippen molar-refractivity contribution >= 4 is 15.9 Å². The first kappa shape index (κ1) is 12.2. The first-order valence-electron chi connectivity index (χ1n) is 4.67. The van der Waals surface area contributed by atoms with Gasteiger partial charge in [-0.15, -0.1) is 11.8 Å². The average Bonchev–Trinajstić information content (AvgIpc) is 2.16. The van der Waals surface area contributed by atoms with Gasteiger partial charge >= 0.3 is 0 Å². The first-order chi connectivity index (χ1) is 7.13. The Morgan fingerprint density at radius 3 is 2.80 bits per heavy atom. The molecule has 1 nitrogen and oxygen atoms in total. The van der Waals surface area contributed by atoms with E-state index < -0.39 is 6.10 Å². The summed E-state index contributed by atoms with van der Waals surface area (Å²) in [5, 5.41) is 9.74. The van der Waals surface area contributed by atoms with E-state index in [9.17, 15) is 9.50 Å². The number of halogens is 2. The molecule has 1 atom stereocenters. The molecule has 15 heavy (non-hydrogen) atoms. The zero-order chi connectivity index (χ0) is 11.3. The fourth-order valence-electron chi connectivity index (χ4n) is 1.27. The minimum atomic E-state index is -0.655. The lowest BCUT2D eigenvalue weighted by Gasteiger charge is -2.09. The van der Waals surface area contributed by atoms with E-state index in [4.69, 9.17) is 0 Å². The highest BCUT2D eigenvalue weighted by molar-refractivity contribution is 9.10. The van der Waals surface area contributed by atoms with Crippen LogP contribution in [0.5, 0.6) is 0 Å². The van der Waals surface area contributed by atoms with Gasteiger partial charge < -0.3 is 5.11 Å². The van der Waals surface area contributed by atoms with Crippen molar-refractivity contribution in [1.29, 1.82) is 0 Å². The molecule has 1 aromatic carbocycles. The van der Waals surface area contributed by atoms with Crippen molar-refractivity contribution in [2.24, 2.45) is 0 Å². The minimum absolute atomic E-state index is 0.347. The Balaban J connectivity index is 2.71. The van der Waals surface area contributed by atoms with E-state index in [1.165, 1.54) is 12.1 Å². The molecule has 3 heteroatoms. The Hall–Kier alpha value is -0.850. The molecule has 0 spiro atoms. The first-order valence-corrected chi connectivity index (χ1v) is 5.46. The monoisotopic (exact) mass is 270 g/mol. The third-order valence-electron chi connectivity index (χ3n) is 1.99. The summed E-state index contributed by atoms with van der Waals surface area (Å²) < 4.78 is 13.6. The predicted octanol–water partition coefficient (Wildman–Crippen LogP) is 3.43. The highest BCUT2D eigenvalue weighted by atomic mass is 79.9. The highest BCUT2D eigenvalue weighted by Gasteiger charge is 2.08. The molecule has 1 rings (SSSR count). The van der Waals surface area contributed by atoms with Gasteiger partial charge in [-0.25, -0.2) is 4.39 Å². The lowest BCUT2D eigenvalue weighted by Crippen LogP contribution is -1.97. The Bertz CT molecular complexity index is 372. The third kappa shape index (κ3) is 4.03. The van der Waals surface area contributed by atoms with Crippen LogP contribution in [0.2, 0.25) is 0 Å². The van der Waals surface area contributed by atoms with Crippen molar-refractivity contribution in [3.8, 4) is 11.8 Å². The summed E-state index contributed by atoms with van der Waals surface area (Å²) in [4.78, 5) is 0. The van der Waals surface area contributed by atoms with Gasteiger partial charge in [-0.05, 0) is 37.1 Å². The van der Waals surface area contributed by atoms with Crippen LogP contribution in [0.1, 0.15) is 31.4 Å². The van der Waals surface area contributed by atoms with E-state index in [0.717, 1.165) is 0 Å². The van der Waals surface area contributed by atoms with Crippen LogP contribution in [-0.4, -0.2) is 5.11 Å². The molecule has 80 valence electrons. The highest BCUT2D eigenvalue weighted by Crippen LogP contribution is 2.23. The molecule has 0 radical (unpaired) electrons. The lowest BCUT2D eigenvalue weighted by atomic mass is 10.1. The second-order valence-corrected chi connectivity index (χ2v) is 4.10. The zero-order valence-electron chi connectivity index (χ0n) is 8.43. The molecule has 0 amide bonds. The second-order valence-electron chi connectivity index (χ2n) is 3.18. The molecule has 0 saturated heterocycles. The number of aliphatic hydroxyl groups excluding tert-OH is 1. The maximum absolute atomic E-state index is 13.0. The van der Waals surface area contributed by atoms with Gasteiger partial charge in [0, 0.05) is 10.9 Å². The Kier molecular flexibility index (Phi) is 4.80. The van der Waals surface area contributed by atoms with Crippen LogP contribution in [0.4, 0.5) is 4.39 Å². The van der Waals surface area contributed by atoms with Gasteiger partial charge in [0.25, 0.3) is 0 Å². The van der Waals surface area contributed by atoms with Crippen molar-refractivity contribution < 1.29 is 9.50 Å². The van der Waals surface area contributed by atoms with E-state index in [1.54, 1.807) is 13.0 Å². The van der Waals surface area contributed by atoms with E-state index in [2.05, 4.69) is 27.8 Å². The summed E-state index contributed by atoms with van der Waals surface area (Å²) in [6, 6.07) is 4.42. The zero-order valence-corrected chi connectivity index (χ0v) is 10.0. The molecule has 0 bridgehead atoms. The Labute approximate surface area is 97.4 Å². The van der Waals surface area contributed by atoms with Crippen LogP contribution in [0.15, 0.2) is 22.7 Å². The van der Waals surface area contributed by atoms with Crippen molar-refractivity contribution in [1.82, 2.24) is 0 Å². The number of benzene rings is 1. The molecular formula is C12H12BrFO. The number of rotatable bonds is 3. The number of aliphatic hydroxyl groups is 1. The van der Waals surface area contributed by atoms with Crippen molar-refractivity contribution in [3.05, 3.63) is 34.1 Å². The van der Waals surface area contributed by atoms with E-state index in [0.29, 0.717) is 22.9 Å². The summed E-state index contributed by atoms with van der Waals surface area (Å²) in [6.45, 7) is 1.76. The van der Waals surface area contributed by atoms with Crippen LogP contribution >= 0.6 is 15.9 Å². The molecule has 1 N–H and O–H groups in total. The third-order valence-corrected chi connectivity index (χ3v) is 2.45. The SMILES string of the molecule is CC#CCCC(O)c1cc(F)cc(Br)c1. The maximum Gasteiger partial charge on any atom is 0.124 e. The standard InChI is InChI=1S/C12H12BrFO/c1-2-3-4-5-12(15)9-6-10(13)8-11(14)7-9/h6-8,12,15H,4-5H2,1H3. The largest absolute Gasteiger partial charge is 0.388 e. The van der Waals surface area contributed by atoms with Gasteiger partial charge in [-0.3, -0.25) is 0 Å². The fraction of sp³-hybridized carbons (Fsp3) is 0.333.